The smallest absolute Gasteiger partial charge is 0.332 e. The third-order valence-electron chi connectivity index (χ3n) is 6.35. The summed E-state index contributed by atoms with van der Waals surface area (Å²) in [4.78, 5) is 28.0. The van der Waals surface area contributed by atoms with E-state index in [1.54, 1.807) is 36.7 Å². The lowest BCUT2D eigenvalue weighted by Crippen LogP contribution is -2.70. The molecule has 0 N–H and O–H groups in total. The van der Waals surface area contributed by atoms with E-state index in [1.165, 1.54) is 6.07 Å². The van der Waals surface area contributed by atoms with E-state index in [2.05, 4.69) is 0 Å². The largest absolute Gasteiger partial charge is 0.482 e. The highest BCUT2D eigenvalue weighted by molar-refractivity contribution is 7.53. The van der Waals surface area contributed by atoms with Crippen molar-refractivity contribution in [1.82, 2.24) is 9.58 Å². The average Bonchev–Trinajstić information content (AvgIpc) is 3.34. The Kier molecular flexibility index (Phi) is 7.66. The number of hydrogen-bond donors (Lipinski definition) is 0. The molecule has 1 saturated heterocycles. The Labute approximate surface area is 204 Å². The van der Waals surface area contributed by atoms with Gasteiger partial charge in [-0.3, -0.25) is 23.8 Å². The minimum atomic E-state index is -3.36. The van der Waals surface area contributed by atoms with Gasteiger partial charge in [-0.05, 0) is 19.4 Å². The van der Waals surface area contributed by atoms with Gasteiger partial charge in [0.05, 0.1) is 32.6 Å². The van der Waals surface area contributed by atoms with Crippen LogP contribution in [-0.2, 0) is 25.0 Å². The summed E-state index contributed by atoms with van der Waals surface area (Å²) in [6, 6.07) is 10.8. The van der Waals surface area contributed by atoms with Crippen LogP contribution in [0.15, 0.2) is 47.4 Å². The number of aromatic nitrogens is 1. The van der Waals surface area contributed by atoms with Crippen molar-refractivity contribution in [2.45, 2.75) is 32.5 Å². The molecule has 1 fully saturated rings. The van der Waals surface area contributed by atoms with Gasteiger partial charge in [-0.15, -0.1) is 0 Å². The molecule has 35 heavy (non-hydrogen) atoms. The lowest BCUT2D eigenvalue weighted by atomic mass is 10.0. The molecule has 0 bridgehead atoms. The molecule has 1 aromatic heterocycles. The van der Waals surface area contributed by atoms with Crippen molar-refractivity contribution in [3.8, 4) is 5.75 Å². The van der Waals surface area contributed by atoms with Crippen LogP contribution in [0.5, 0.6) is 5.75 Å². The summed E-state index contributed by atoms with van der Waals surface area (Å²) in [5.74, 6) is -0.366. The molecule has 1 unspecified atom stereocenters. The first-order chi connectivity index (χ1) is 16.8. The van der Waals surface area contributed by atoms with Gasteiger partial charge < -0.3 is 23.4 Å². The molecule has 190 valence electrons. The van der Waals surface area contributed by atoms with Crippen LogP contribution in [-0.4, -0.2) is 67.3 Å². The molecule has 1 atom stereocenters. The van der Waals surface area contributed by atoms with Gasteiger partial charge >= 0.3 is 7.60 Å². The highest BCUT2D eigenvalue weighted by Crippen LogP contribution is 2.48. The molecular formula is C24H32N3O7P. The number of rotatable bonds is 10. The number of benzene rings is 1. The third-order valence-corrected chi connectivity index (χ3v) is 8.40. The van der Waals surface area contributed by atoms with Crippen molar-refractivity contribution in [2.24, 2.45) is 0 Å². The van der Waals surface area contributed by atoms with Gasteiger partial charge in [-0.25, -0.2) is 0 Å². The minimum absolute atomic E-state index is 0.0234. The fourth-order valence-corrected chi connectivity index (χ4v) is 6.15. The van der Waals surface area contributed by atoms with Crippen LogP contribution in [0.3, 0.4) is 0 Å². The van der Waals surface area contributed by atoms with Crippen LogP contribution in [0.4, 0.5) is 0 Å². The number of fused-ring (bicyclic) bond motifs is 1. The number of ether oxygens (including phenoxy) is 2. The Hall–Kier alpha value is -2.65. The van der Waals surface area contributed by atoms with Crippen LogP contribution < -0.4 is 15.2 Å². The lowest BCUT2D eigenvalue weighted by Gasteiger charge is -2.52. The highest BCUT2D eigenvalue weighted by Gasteiger charge is 2.52. The summed E-state index contributed by atoms with van der Waals surface area (Å²) >= 11 is 0. The van der Waals surface area contributed by atoms with Gasteiger partial charge in [-0.2, -0.15) is 0 Å². The number of likely N-dealkylation sites (N-methyl/N-ethyl adjacent to an activating group) is 1. The normalized spacial score (nSPS) is 19.9. The van der Waals surface area contributed by atoms with Gasteiger partial charge in [0.1, 0.15) is 6.61 Å². The fraction of sp³-hybridized carbons (Fsp3) is 0.500. The van der Waals surface area contributed by atoms with Crippen LogP contribution in [0.25, 0.3) is 0 Å². The lowest BCUT2D eigenvalue weighted by molar-refractivity contribution is 0.0304. The molecule has 10 nitrogen and oxygen atoms in total. The SMILES string of the molecule is CCOP(=O)(CCN1n2ccc(=O)c(OCc3ccccc3)c2C(=O)N(C)C12CCOC2)OCC. The van der Waals surface area contributed by atoms with E-state index in [0.29, 0.717) is 13.0 Å². The molecule has 0 radical (unpaired) electrons. The second-order valence-electron chi connectivity index (χ2n) is 8.42. The van der Waals surface area contributed by atoms with E-state index in [0.717, 1.165) is 5.56 Å². The number of hydrogen-bond acceptors (Lipinski definition) is 8. The zero-order valence-electron chi connectivity index (χ0n) is 20.3. The van der Waals surface area contributed by atoms with Crippen molar-refractivity contribution in [2.75, 3.05) is 51.2 Å². The molecule has 11 heteroatoms. The van der Waals surface area contributed by atoms with Gasteiger partial charge in [0.25, 0.3) is 5.91 Å². The zero-order chi connectivity index (χ0) is 25.1. The predicted octanol–water partition coefficient (Wildman–Crippen LogP) is 2.83. The topological polar surface area (TPSA) is 99.5 Å². The van der Waals surface area contributed by atoms with E-state index in [4.69, 9.17) is 18.5 Å². The molecule has 0 aliphatic carbocycles. The maximum absolute atomic E-state index is 13.6. The molecule has 3 heterocycles. The van der Waals surface area contributed by atoms with E-state index in [1.807, 2.05) is 35.3 Å². The first-order valence-electron chi connectivity index (χ1n) is 11.8. The number of amides is 1. The molecule has 1 spiro atoms. The van der Waals surface area contributed by atoms with Gasteiger partial charge in [0.2, 0.25) is 5.43 Å². The molecule has 1 aromatic carbocycles. The van der Waals surface area contributed by atoms with E-state index in [-0.39, 0.29) is 61.9 Å². The maximum Gasteiger partial charge on any atom is 0.332 e. The second kappa shape index (κ2) is 10.5. The van der Waals surface area contributed by atoms with Crippen LogP contribution in [0.2, 0.25) is 0 Å². The standard InChI is InChI=1S/C24H32N3O7P/c1-4-33-35(30,34-5-2)16-14-27-24(12-15-31-18-24)25(3)23(29)21-22(20(28)11-13-26(21)27)32-17-19-9-7-6-8-10-19/h6-11,13H,4-5,12,14-18H2,1-3H3. The molecular weight excluding hydrogens is 473 g/mol. The minimum Gasteiger partial charge on any atom is -0.482 e. The molecule has 2 aromatic rings. The fourth-order valence-electron chi connectivity index (χ4n) is 4.60. The zero-order valence-corrected chi connectivity index (χ0v) is 21.2. The first kappa shape index (κ1) is 25.4. The summed E-state index contributed by atoms with van der Waals surface area (Å²) in [6.45, 7) is 5.16. The van der Waals surface area contributed by atoms with Crippen molar-refractivity contribution < 1.29 is 27.9 Å². The summed E-state index contributed by atoms with van der Waals surface area (Å²) in [5, 5.41) is 1.91. The monoisotopic (exact) mass is 505 g/mol. The van der Waals surface area contributed by atoms with Gasteiger partial charge in [-0.1, -0.05) is 30.3 Å². The average molecular weight is 506 g/mol. The van der Waals surface area contributed by atoms with Gasteiger partial charge in [0, 0.05) is 32.3 Å². The Balaban J connectivity index is 1.74. The molecule has 2 aliphatic heterocycles. The Bertz CT molecular complexity index is 1140. The number of carbonyl (C=O) groups excluding carboxylic acids is 1. The van der Waals surface area contributed by atoms with Crippen molar-refractivity contribution in [3.63, 3.8) is 0 Å². The predicted molar refractivity (Wildman–Crippen MR) is 131 cm³/mol. The summed E-state index contributed by atoms with van der Waals surface area (Å²) in [5.41, 5.74) is -0.199. The second-order valence-corrected chi connectivity index (χ2v) is 10.6. The molecule has 1 amide bonds. The van der Waals surface area contributed by atoms with Crippen molar-refractivity contribution in [1.29, 1.82) is 0 Å². The van der Waals surface area contributed by atoms with Crippen LogP contribution >= 0.6 is 7.60 Å². The Morgan fingerprint density at radius 3 is 2.43 bits per heavy atom. The van der Waals surface area contributed by atoms with E-state index < -0.39 is 13.3 Å². The van der Waals surface area contributed by atoms with E-state index >= 15 is 0 Å². The third kappa shape index (κ3) is 4.89. The molecule has 2 aliphatic rings. The Morgan fingerprint density at radius 2 is 1.80 bits per heavy atom. The first-order valence-corrected chi connectivity index (χ1v) is 13.5. The number of carbonyl (C=O) groups is 1. The van der Waals surface area contributed by atoms with Gasteiger partial charge in [0.15, 0.2) is 17.1 Å². The summed E-state index contributed by atoms with van der Waals surface area (Å²) in [7, 11) is -1.67. The van der Waals surface area contributed by atoms with Crippen molar-refractivity contribution in [3.05, 3.63) is 64.1 Å². The highest BCUT2D eigenvalue weighted by atomic mass is 31.2. The van der Waals surface area contributed by atoms with E-state index in [9.17, 15) is 14.2 Å². The number of nitrogens with zero attached hydrogens (tertiary/aromatic N) is 3. The summed E-state index contributed by atoms with van der Waals surface area (Å²) < 4.78 is 37.5. The quantitative estimate of drug-likeness (QED) is 0.455. The summed E-state index contributed by atoms with van der Waals surface area (Å²) in [6.07, 6.45) is 2.21. The van der Waals surface area contributed by atoms with Crippen molar-refractivity contribution >= 4 is 13.5 Å². The molecule has 0 saturated carbocycles. The maximum atomic E-state index is 13.6. The van der Waals surface area contributed by atoms with Crippen LogP contribution in [0.1, 0.15) is 36.3 Å². The Morgan fingerprint density at radius 1 is 1.09 bits per heavy atom. The molecule has 4 rings (SSSR count). The number of pyridine rings is 1. The van der Waals surface area contributed by atoms with Crippen LogP contribution in [0, 0.1) is 0 Å².